The summed E-state index contributed by atoms with van der Waals surface area (Å²) in [5.41, 5.74) is 0. The van der Waals surface area contributed by atoms with Gasteiger partial charge in [-0.3, -0.25) is 0 Å². The minimum Gasteiger partial charge on any atom is -0.200 e. The first-order valence-corrected chi connectivity index (χ1v) is 13.0. The van der Waals surface area contributed by atoms with Gasteiger partial charge in [0.05, 0.1) is 0 Å². The van der Waals surface area contributed by atoms with Crippen LogP contribution < -0.4 is 0 Å². The maximum absolute atomic E-state index is 13.6. The highest BCUT2D eigenvalue weighted by atomic mass is 35.7. The van der Waals surface area contributed by atoms with Gasteiger partial charge in [0.25, 0.3) is 0 Å². The fourth-order valence-corrected chi connectivity index (χ4v) is 4.11. The van der Waals surface area contributed by atoms with E-state index in [1.165, 1.54) is 0 Å². The monoisotopic (exact) mass is 732 g/mol. The summed E-state index contributed by atoms with van der Waals surface area (Å²) in [5, 5.41) is 0. The number of hydrogen-bond acceptors (Lipinski definition) is 0. The molecule has 0 fully saturated rings. The Kier molecular flexibility index (Phi) is 9.80. The van der Waals surface area contributed by atoms with E-state index in [0.717, 1.165) is 0 Å². The summed E-state index contributed by atoms with van der Waals surface area (Å²) in [7, 11) is -4.42. The second-order valence-electron chi connectivity index (χ2n) is 7.54. The molecule has 0 spiro atoms. The van der Waals surface area contributed by atoms with Crippen molar-refractivity contribution in [2.75, 3.05) is 0 Å². The van der Waals surface area contributed by atoms with E-state index in [-0.39, 0.29) is 0 Å². The zero-order valence-corrected chi connectivity index (χ0v) is 20.2. The molecule has 0 saturated heterocycles. The standard InChI is InChI=1S/C13H3Cl2F25Si/c14-41(15)1-2(16,17)3(18,19)4(20,21)5(22,23)6(24,25)7(26,27)8(28,29)9(30,31)10(32,33)11(34,35)12(36,37)13(38,39)40/h41H,1H2. The zero-order valence-electron chi connectivity index (χ0n) is 17.5. The van der Waals surface area contributed by atoms with Gasteiger partial charge in [0, 0.05) is 6.04 Å². The third kappa shape index (κ3) is 5.05. The fraction of sp³-hybridized carbons (Fsp3) is 1.00. The summed E-state index contributed by atoms with van der Waals surface area (Å²) in [4.78, 5) is 0. The van der Waals surface area contributed by atoms with Crippen molar-refractivity contribution in [3.8, 4) is 0 Å². The third-order valence-electron chi connectivity index (χ3n) is 4.78. The van der Waals surface area contributed by atoms with E-state index in [0.29, 0.717) is 0 Å². The lowest BCUT2D eigenvalue weighted by molar-refractivity contribution is -0.481. The van der Waals surface area contributed by atoms with Gasteiger partial charge in [-0.05, 0) is 0 Å². The quantitative estimate of drug-likeness (QED) is 0.107. The van der Waals surface area contributed by atoms with E-state index in [1.807, 2.05) is 0 Å². The van der Waals surface area contributed by atoms with Crippen molar-refractivity contribution in [1.82, 2.24) is 0 Å². The molecule has 0 aliphatic rings. The van der Waals surface area contributed by atoms with Crippen LogP contribution in [0.15, 0.2) is 0 Å². The summed E-state index contributed by atoms with van der Waals surface area (Å²) in [6.07, 6.45) is -8.17. The average molecular weight is 733 g/mol. The molecule has 0 N–H and O–H groups in total. The Morgan fingerprint density at radius 1 is 0.293 bits per heavy atom. The molecule has 248 valence electrons. The van der Waals surface area contributed by atoms with Crippen LogP contribution in [0.4, 0.5) is 110 Å². The normalized spacial score (nSPS) is 17.0. The molecule has 0 radical (unpaired) electrons. The molecule has 0 aliphatic heterocycles. The molecule has 0 aromatic carbocycles. The Hall–Kier alpha value is -0.953. The van der Waals surface area contributed by atoms with Crippen molar-refractivity contribution < 1.29 is 110 Å². The van der Waals surface area contributed by atoms with Crippen LogP contribution in [0.3, 0.4) is 0 Å². The molecule has 0 rings (SSSR count). The topological polar surface area (TPSA) is 0 Å². The molecule has 0 bridgehead atoms. The number of rotatable bonds is 12. The van der Waals surface area contributed by atoms with E-state index in [9.17, 15) is 110 Å². The molecule has 0 aliphatic carbocycles. The lowest BCUT2D eigenvalue weighted by Crippen LogP contribution is -2.78. The molecular formula is C13H3Cl2F25Si. The van der Waals surface area contributed by atoms with E-state index in [4.69, 9.17) is 0 Å². The Labute approximate surface area is 217 Å². The lowest BCUT2D eigenvalue weighted by Gasteiger charge is -2.45. The molecule has 41 heavy (non-hydrogen) atoms. The molecule has 0 aromatic heterocycles. The smallest absolute Gasteiger partial charge is 0.200 e. The van der Waals surface area contributed by atoms with Crippen LogP contribution in [0.5, 0.6) is 0 Å². The van der Waals surface area contributed by atoms with Crippen molar-refractivity contribution in [3.05, 3.63) is 0 Å². The van der Waals surface area contributed by atoms with Crippen molar-refractivity contribution in [3.63, 3.8) is 0 Å². The summed E-state index contributed by atoms with van der Waals surface area (Å²) in [5.74, 6) is -98.4. The van der Waals surface area contributed by atoms with Gasteiger partial charge in [0.1, 0.15) is 0 Å². The van der Waals surface area contributed by atoms with Crippen molar-refractivity contribution in [2.45, 2.75) is 77.4 Å². The molecular weight excluding hydrogens is 730 g/mol. The Bertz CT molecular complexity index is 948. The highest BCUT2D eigenvalue weighted by Crippen LogP contribution is 2.67. The largest absolute Gasteiger partial charge is 0.460 e. The van der Waals surface area contributed by atoms with E-state index >= 15 is 0 Å². The van der Waals surface area contributed by atoms with Crippen LogP contribution >= 0.6 is 22.2 Å². The zero-order chi connectivity index (χ0) is 34.3. The highest BCUT2D eigenvalue weighted by Gasteiger charge is 2.99. The third-order valence-corrected chi connectivity index (χ3v) is 6.52. The average Bonchev–Trinajstić information content (AvgIpc) is 2.70. The van der Waals surface area contributed by atoms with Crippen LogP contribution in [0.2, 0.25) is 6.04 Å². The van der Waals surface area contributed by atoms with Crippen molar-refractivity contribution >= 4 is 29.6 Å². The van der Waals surface area contributed by atoms with Crippen LogP contribution in [0, 0.1) is 0 Å². The summed E-state index contributed by atoms with van der Waals surface area (Å²) >= 11 is 9.19. The molecule has 0 saturated carbocycles. The van der Waals surface area contributed by atoms with Gasteiger partial charge in [-0.15, -0.1) is 0 Å². The van der Waals surface area contributed by atoms with Gasteiger partial charge in [-0.1, -0.05) is 0 Å². The van der Waals surface area contributed by atoms with Crippen LogP contribution in [0.25, 0.3) is 0 Å². The van der Waals surface area contributed by atoms with E-state index in [1.54, 1.807) is 0 Å². The van der Waals surface area contributed by atoms with Gasteiger partial charge < -0.3 is 0 Å². The van der Waals surface area contributed by atoms with Gasteiger partial charge in [-0.2, -0.15) is 132 Å². The van der Waals surface area contributed by atoms with Crippen LogP contribution in [0.1, 0.15) is 0 Å². The first kappa shape index (κ1) is 40.0. The van der Waals surface area contributed by atoms with Crippen LogP contribution in [-0.4, -0.2) is 78.7 Å². The first-order valence-electron chi connectivity index (χ1n) is 8.67. The minimum atomic E-state index is -9.60. The van der Waals surface area contributed by atoms with Gasteiger partial charge >= 0.3 is 71.3 Å². The van der Waals surface area contributed by atoms with Crippen LogP contribution in [-0.2, 0) is 0 Å². The van der Waals surface area contributed by atoms with Crippen molar-refractivity contribution in [2.24, 2.45) is 0 Å². The molecule has 0 amide bonds. The molecule has 0 unspecified atom stereocenters. The molecule has 28 heteroatoms. The van der Waals surface area contributed by atoms with Gasteiger partial charge in [0.2, 0.25) is 7.42 Å². The second kappa shape index (κ2) is 10.0. The van der Waals surface area contributed by atoms with Crippen molar-refractivity contribution in [1.29, 1.82) is 0 Å². The minimum absolute atomic E-state index is 3.03. The first-order chi connectivity index (χ1) is 17.2. The van der Waals surface area contributed by atoms with Gasteiger partial charge in [0.15, 0.2) is 0 Å². The maximum Gasteiger partial charge on any atom is 0.460 e. The molecule has 0 nitrogen and oxygen atoms in total. The second-order valence-corrected chi connectivity index (χ2v) is 12.6. The predicted molar refractivity (Wildman–Crippen MR) is 84.1 cm³/mol. The Balaban J connectivity index is 7.31. The summed E-state index contributed by atoms with van der Waals surface area (Å²) in [6, 6.07) is -3.03. The fourth-order valence-electron chi connectivity index (χ4n) is 2.31. The molecule has 0 aromatic rings. The van der Waals surface area contributed by atoms with E-state index in [2.05, 4.69) is 22.2 Å². The number of alkyl halides is 25. The molecule has 0 atom stereocenters. The number of halogens is 27. The Morgan fingerprint density at radius 2 is 0.463 bits per heavy atom. The molecule has 0 heterocycles. The summed E-state index contributed by atoms with van der Waals surface area (Å²) in [6.45, 7) is 0. The predicted octanol–water partition coefficient (Wildman–Crippen LogP) is 9.24. The highest BCUT2D eigenvalue weighted by molar-refractivity contribution is 7.33. The lowest BCUT2D eigenvalue weighted by atomic mass is 9.84. The number of hydrogen-bond donors (Lipinski definition) is 0. The van der Waals surface area contributed by atoms with Gasteiger partial charge in [-0.25, -0.2) is 0 Å². The van der Waals surface area contributed by atoms with E-state index < -0.39 is 84.8 Å². The maximum atomic E-state index is 13.6. The SMILES string of the molecule is FC(F)(F)C(F)(F)C(F)(F)C(F)(F)C(F)(F)C(F)(F)C(F)(F)C(F)(F)C(F)(F)C(F)(F)C(F)(F)C(F)(F)C[SiH](Cl)Cl. The summed E-state index contributed by atoms with van der Waals surface area (Å²) < 4.78 is 330. The Morgan fingerprint density at radius 3 is 0.634 bits per heavy atom.